The highest BCUT2D eigenvalue weighted by Crippen LogP contribution is 2.30. The summed E-state index contributed by atoms with van der Waals surface area (Å²) in [4.78, 5) is 0. The molecule has 0 aliphatic heterocycles. The summed E-state index contributed by atoms with van der Waals surface area (Å²) in [7, 11) is 0. The Morgan fingerprint density at radius 1 is 1.11 bits per heavy atom. The Morgan fingerprint density at radius 2 is 1.79 bits per heavy atom. The zero-order valence-electron chi connectivity index (χ0n) is 11.8. The summed E-state index contributed by atoms with van der Waals surface area (Å²) in [6.45, 7) is 6.99. The Bertz CT molecular complexity index is 547. The van der Waals surface area contributed by atoms with Crippen LogP contribution in [0.1, 0.15) is 36.5 Å². The summed E-state index contributed by atoms with van der Waals surface area (Å²) in [6.07, 6.45) is 0. The first-order valence-electron chi connectivity index (χ1n) is 6.64. The van der Waals surface area contributed by atoms with Crippen LogP contribution in [0.3, 0.4) is 0 Å². The van der Waals surface area contributed by atoms with Gasteiger partial charge in [0.05, 0.1) is 5.69 Å². The summed E-state index contributed by atoms with van der Waals surface area (Å²) in [5.74, 6) is 1.25. The van der Waals surface area contributed by atoms with E-state index in [2.05, 4.69) is 20.8 Å². The molecule has 0 saturated heterocycles. The van der Waals surface area contributed by atoms with Gasteiger partial charge in [0.25, 0.3) is 0 Å². The lowest BCUT2D eigenvalue weighted by atomic mass is 9.97. The molecular formula is C17H21NO. The van der Waals surface area contributed by atoms with Gasteiger partial charge in [-0.2, -0.15) is 0 Å². The number of anilines is 1. The number of hydrogen-bond acceptors (Lipinski definition) is 2. The molecule has 0 bridgehead atoms. The highest BCUT2D eigenvalue weighted by atomic mass is 16.5. The van der Waals surface area contributed by atoms with Gasteiger partial charge in [0.15, 0.2) is 0 Å². The molecule has 0 aromatic heterocycles. The summed E-state index contributed by atoms with van der Waals surface area (Å²) in [5.41, 5.74) is 10.4. The second-order valence-corrected chi connectivity index (χ2v) is 5.18. The van der Waals surface area contributed by atoms with Crippen LogP contribution in [-0.4, -0.2) is 0 Å². The summed E-state index contributed by atoms with van der Waals surface area (Å²) < 4.78 is 5.81. The molecule has 0 atom stereocenters. The van der Waals surface area contributed by atoms with Gasteiger partial charge in [-0.05, 0) is 41.7 Å². The maximum Gasteiger partial charge on any atom is 0.142 e. The number of aryl methyl sites for hydroxylation is 1. The topological polar surface area (TPSA) is 35.2 Å². The molecule has 0 radical (unpaired) electrons. The lowest BCUT2D eigenvalue weighted by Gasteiger charge is -2.15. The van der Waals surface area contributed by atoms with Crippen molar-refractivity contribution in [1.29, 1.82) is 0 Å². The average molecular weight is 255 g/mol. The van der Waals surface area contributed by atoms with Crippen LogP contribution < -0.4 is 10.5 Å². The Kier molecular flexibility index (Phi) is 4.10. The number of benzene rings is 2. The minimum atomic E-state index is 0.477. The number of nitrogens with two attached hydrogens (primary N) is 1. The lowest BCUT2D eigenvalue weighted by Crippen LogP contribution is -2.02. The number of ether oxygens (including phenoxy) is 1. The van der Waals surface area contributed by atoms with Gasteiger partial charge in [-0.15, -0.1) is 0 Å². The van der Waals surface area contributed by atoms with Gasteiger partial charge in [0, 0.05) is 0 Å². The molecule has 0 saturated carbocycles. The normalized spacial score (nSPS) is 10.7. The largest absolute Gasteiger partial charge is 0.487 e. The molecule has 2 aromatic rings. The van der Waals surface area contributed by atoms with E-state index in [1.165, 1.54) is 11.1 Å². The minimum absolute atomic E-state index is 0.477. The van der Waals surface area contributed by atoms with Crippen molar-refractivity contribution in [2.75, 3.05) is 5.73 Å². The van der Waals surface area contributed by atoms with Crippen LogP contribution in [0.2, 0.25) is 0 Å². The highest BCUT2D eigenvalue weighted by molar-refractivity contribution is 5.57. The summed E-state index contributed by atoms with van der Waals surface area (Å²) >= 11 is 0. The Labute approximate surface area is 115 Å². The van der Waals surface area contributed by atoms with Crippen LogP contribution in [0, 0.1) is 6.92 Å². The zero-order chi connectivity index (χ0) is 13.8. The molecular weight excluding hydrogens is 234 g/mol. The third-order valence-corrected chi connectivity index (χ3v) is 3.26. The van der Waals surface area contributed by atoms with Gasteiger partial charge >= 0.3 is 0 Å². The third-order valence-electron chi connectivity index (χ3n) is 3.26. The van der Waals surface area contributed by atoms with Crippen LogP contribution in [-0.2, 0) is 6.61 Å². The molecule has 2 nitrogen and oxygen atoms in total. The molecule has 100 valence electrons. The van der Waals surface area contributed by atoms with Gasteiger partial charge in [-0.25, -0.2) is 0 Å². The van der Waals surface area contributed by atoms with Crippen LogP contribution in [0.15, 0.2) is 42.5 Å². The summed E-state index contributed by atoms with van der Waals surface area (Å²) in [6, 6.07) is 14.2. The van der Waals surface area contributed by atoms with E-state index in [4.69, 9.17) is 10.5 Å². The maximum atomic E-state index is 6.07. The fourth-order valence-corrected chi connectivity index (χ4v) is 2.20. The number of nitrogen functional groups attached to an aromatic ring is 1. The minimum Gasteiger partial charge on any atom is -0.487 e. The molecule has 0 amide bonds. The van der Waals surface area contributed by atoms with Crippen molar-refractivity contribution in [1.82, 2.24) is 0 Å². The van der Waals surface area contributed by atoms with E-state index in [-0.39, 0.29) is 0 Å². The van der Waals surface area contributed by atoms with E-state index in [0.29, 0.717) is 18.2 Å². The second kappa shape index (κ2) is 5.79. The molecule has 0 spiro atoms. The number of hydrogen-bond donors (Lipinski definition) is 1. The Morgan fingerprint density at radius 3 is 2.42 bits per heavy atom. The third kappa shape index (κ3) is 3.28. The quantitative estimate of drug-likeness (QED) is 0.828. The molecule has 0 aliphatic rings. The van der Waals surface area contributed by atoms with Gasteiger partial charge in [0.1, 0.15) is 12.4 Å². The first-order chi connectivity index (χ1) is 9.08. The smallest absolute Gasteiger partial charge is 0.142 e. The second-order valence-electron chi connectivity index (χ2n) is 5.18. The average Bonchev–Trinajstić information content (AvgIpc) is 2.40. The molecule has 0 fully saturated rings. The maximum absolute atomic E-state index is 6.07. The van der Waals surface area contributed by atoms with Crippen LogP contribution in [0.5, 0.6) is 5.75 Å². The van der Waals surface area contributed by atoms with Gasteiger partial charge in [-0.3, -0.25) is 0 Å². The molecule has 2 N–H and O–H groups in total. The fourth-order valence-electron chi connectivity index (χ4n) is 2.20. The van der Waals surface area contributed by atoms with Crippen molar-refractivity contribution in [2.45, 2.75) is 33.3 Å². The molecule has 0 heterocycles. The van der Waals surface area contributed by atoms with Crippen LogP contribution >= 0.6 is 0 Å². The van der Waals surface area contributed by atoms with E-state index < -0.39 is 0 Å². The van der Waals surface area contributed by atoms with Gasteiger partial charge in [0.2, 0.25) is 0 Å². The van der Waals surface area contributed by atoms with Crippen molar-refractivity contribution in [3.63, 3.8) is 0 Å². The van der Waals surface area contributed by atoms with E-state index in [1.807, 2.05) is 42.5 Å². The van der Waals surface area contributed by atoms with Crippen molar-refractivity contribution < 1.29 is 4.74 Å². The Balaban J connectivity index is 2.15. The molecule has 0 aliphatic carbocycles. The van der Waals surface area contributed by atoms with Crippen molar-refractivity contribution in [3.8, 4) is 5.75 Å². The van der Waals surface area contributed by atoms with E-state index in [9.17, 15) is 0 Å². The standard InChI is InChI=1S/C17H21NO/c1-12(2)15-10-16(18)17(9-13(15)3)19-11-14-7-5-4-6-8-14/h4-10,12H,11,18H2,1-3H3. The van der Waals surface area contributed by atoms with Crippen molar-refractivity contribution in [2.24, 2.45) is 0 Å². The molecule has 2 rings (SSSR count). The van der Waals surface area contributed by atoms with E-state index in [1.54, 1.807) is 0 Å². The predicted molar refractivity (Wildman–Crippen MR) is 80.5 cm³/mol. The molecule has 2 heteroatoms. The first-order valence-corrected chi connectivity index (χ1v) is 6.64. The number of rotatable bonds is 4. The van der Waals surface area contributed by atoms with Gasteiger partial charge in [-0.1, -0.05) is 44.2 Å². The predicted octanol–water partition coefficient (Wildman–Crippen LogP) is 4.28. The molecule has 19 heavy (non-hydrogen) atoms. The Hall–Kier alpha value is -1.96. The van der Waals surface area contributed by atoms with Gasteiger partial charge < -0.3 is 10.5 Å². The van der Waals surface area contributed by atoms with E-state index in [0.717, 1.165) is 11.3 Å². The monoisotopic (exact) mass is 255 g/mol. The first kappa shape index (κ1) is 13.5. The van der Waals surface area contributed by atoms with Crippen LogP contribution in [0.4, 0.5) is 5.69 Å². The van der Waals surface area contributed by atoms with Crippen molar-refractivity contribution >= 4 is 5.69 Å². The highest BCUT2D eigenvalue weighted by Gasteiger charge is 2.09. The molecule has 2 aromatic carbocycles. The van der Waals surface area contributed by atoms with Crippen LogP contribution in [0.25, 0.3) is 0 Å². The van der Waals surface area contributed by atoms with E-state index >= 15 is 0 Å². The molecule has 0 unspecified atom stereocenters. The summed E-state index contributed by atoms with van der Waals surface area (Å²) in [5, 5.41) is 0. The zero-order valence-corrected chi connectivity index (χ0v) is 11.8. The lowest BCUT2D eigenvalue weighted by molar-refractivity contribution is 0.307. The SMILES string of the molecule is Cc1cc(OCc2ccccc2)c(N)cc1C(C)C. The fraction of sp³-hybridized carbons (Fsp3) is 0.294. The van der Waals surface area contributed by atoms with Crippen molar-refractivity contribution in [3.05, 3.63) is 59.2 Å².